The summed E-state index contributed by atoms with van der Waals surface area (Å²) in [5.41, 5.74) is 1.61. The van der Waals surface area contributed by atoms with Crippen molar-refractivity contribution in [2.75, 3.05) is 27.2 Å². The van der Waals surface area contributed by atoms with Crippen molar-refractivity contribution >= 4 is 5.91 Å². The second-order valence-electron chi connectivity index (χ2n) is 5.22. The molecule has 0 saturated heterocycles. The number of oxazole rings is 1. The zero-order valence-corrected chi connectivity index (χ0v) is 12.7. The second kappa shape index (κ2) is 7.04. The van der Waals surface area contributed by atoms with Gasteiger partial charge in [0.15, 0.2) is 0 Å². The van der Waals surface area contributed by atoms with E-state index in [0.717, 1.165) is 12.1 Å². The van der Waals surface area contributed by atoms with Gasteiger partial charge in [0, 0.05) is 18.7 Å². The van der Waals surface area contributed by atoms with Crippen molar-refractivity contribution in [2.24, 2.45) is 0 Å². The van der Waals surface area contributed by atoms with Crippen LogP contribution in [0.1, 0.15) is 11.5 Å². The van der Waals surface area contributed by atoms with Gasteiger partial charge in [-0.3, -0.25) is 4.79 Å². The van der Waals surface area contributed by atoms with E-state index in [1.807, 2.05) is 56.3 Å². The summed E-state index contributed by atoms with van der Waals surface area (Å²) in [5.74, 6) is 1.22. The normalized spacial score (nSPS) is 10.9. The molecule has 2 rings (SSSR count). The third-order valence-corrected chi connectivity index (χ3v) is 3.12. The summed E-state index contributed by atoms with van der Waals surface area (Å²) in [4.78, 5) is 18.3. The zero-order chi connectivity index (χ0) is 15.2. The zero-order valence-electron chi connectivity index (χ0n) is 12.7. The summed E-state index contributed by atoms with van der Waals surface area (Å²) in [6.45, 7) is 3.29. The van der Waals surface area contributed by atoms with Crippen LogP contribution in [0.15, 0.2) is 34.7 Å². The van der Waals surface area contributed by atoms with Crippen molar-refractivity contribution in [3.8, 4) is 11.5 Å². The molecule has 0 spiro atoms. The molecule has 112 valence electrons. The lowest BCUT2D eigenvalue weighted by Gasteiger charge is -2.09. The molecule has 21 heavy (non-hydrogen) atoms. The average molecular weight is 287 g/mol. The molecular formula is C16H21N3O2. The first-order valence-electron chi connectivity index (χ1n) is 6.99. The molecule has 0 atom stereocenters. The Labute approximate surface area is 125 Å². The Morgan fingerprint density at radius 1 is 1.29 bits per heavy atom. The van der Waals surface area contributed by atoms with Gasteiger partial charge in [0.2, 0.25) is 11.8 Å². The predicted octanol–water partition coefficient (Wildman–Crippen LogP) is 1.87. The molecule has 1 N–H and O–H groups in total. The second-order valence-corrected chi connectivity index (χ2v) is 5.22. The summed E-state index contributed by atoms with van der Waals surface area (Å²) >= 11 is 0. The number of carbonyl (C=O) groups is 1. The quantitative estimate of drug-likeness (QED) is 0.881. The maximum Gasteiger partial charge on any atom is 0.226 e. The minimum Gasteiger partial charge on any atom is -0.441 e. The SMILES string of the molecule is Cc1oc(-c2ccccc2)nc1CC(=O)NCCN(C)C. The third kappa shape index (κ3) is 4.43. The Bertz CT molecular complexity index is 591. The van der Waals surface area contributed by atoms with Crippen LogP contribution in [-0.2, 0) is 11.2 Å². The molecule has 1 heterocycles. The number of aromatic nitrogens is 1. The van der Waals surface area contributed by atoms with E-state index in [1.165, 1.54) is 0 Å². The molecule has 0 unspecified atom stereocenters. The molecule has 0 saturated carbocycles. The summed E-state index contributed by atoms with van der Waals surface area (Å²) in [7, 11) is 3.94. The Morgan fingerprint density at radius 2 is 2.00 bits per heavy atom. The van der Waals surface area contributed by atoms with Crippen LogP contribution in [-0.4, -0.2) is 43.0 Å². The average Bonchev–Trinajstić information content (AvgIpc) is 2.81. The predicted molar refractivity (Wildman–Crippen MR) is 81.9 cm³/mol. The number of likely N-dealkylation sites (N-methyl/N-ethyl adjacent to an activating group) is 1. The molecule has 5 heteroatoms. The maximum absolute atomic E-state index is 11.9. The highest BCUT2D eigenvalue weighted by Gasteiger charge is 2.14. The first-order valence-corrected chi connectivity index (χ1v) is 6.99. The first kappa shape index (κ1) is 15.3. The Kier molecular flexibility index (Phi) is 5.11. The van der Waals surface area contributed by atoms with E-state index in [0.29, 0.717) is 23.9 Å². The number of hydrogen-bond acceptors (Lipinski definition) is 4. The number of nitrogens with zero attached hydrogens (tertiary/aromatic N) is 2. The third-order valence-electron chi connectivity index (χ3n) is 3.12. The van der Waals surface area contributed by atoms with Crippen LogP contribution >= 0.6 is 0 Å². The molecule has 1 amide bonds. The fourth-order valence-electron chi connectivity index (χ4n) is 1.93. The number of carbonyl (C=O) groups excluding carboxylic acids is 1. The standard InChI is InChI=1S/C16H21N3O2/c1-12-14(11-15(20)17-9-10-19(2)3)18-16(21-12)13-7-5-4-6-8-13/h4-8H,9-11H2,1-3H3,(H,17,20). The summed E-state index contributed by atoms with van der Waals surface area (Å²) in [6.07, 6.45) is 0.246. The van der Waals surface area contributed by atoms with Crippen LogP contribution in [0.3, 0.4) is 0 Å². The molecule has 0 fully saturated rings. The topological polar surface area (TPSA) is 58.4 Å². The van der Waals surface area contributed by atoms with Gasteiger partial charge in [0.05, 0.1) is 12.1 Å². The lowest BCUT2D eigenvalue weighted by atomic mass is 10.2. The smallest absolute Gasteiger partial charge is 0.226 e. The molecule has 0 radical (unpaired) electrons. The minimum absolute atomic E-state index is 0.0344. The van der Waals surface area contributed by atoms with E-state index in [2.05, 4.69) is 10.3 Å². The van der Waals surface area contributed by atoms with Gasteiger partial charge < -0.3 is 14.6 Å². The van der Waals surface area contributed by atoms with Crippen molar-refractivity contribution in [3.63, 3.8) is 0 Å². The number of aryl methyl sites for hydroxylation is 1. The summed E-state index contributed by atoms with van der Waals surface area (Å²) in [6, 6.07) is 9.68. The van der Waals surface area contributed by atoms with Crippen molar-refractivity contribution in [1.82, 2.24) is 15.2 Å². The molecule has 0 aliphatic heterocycles. The van der Waals surface area contributed by atoms with Gasteiger partial charge >= 0.3 is 0 Å². The molecule has 0 aliphatic carbocycles. The Morgan fingerprint density at radius 3 is 2.67 bits per heavy atom. The first-order chi connectivity index (χ1) is 10.1. The van der Waals surface area contributed by atoms with Crippen molar-refractivity contribution in [2.45, 2.75) is 13.3 Å². The molecule has 1 aromatic heterocycles. The van der Waals surface area contributed by atoms with E-state index >= 15 is 0 Å². The van der Waals surface area contributed by atoms with Gasteiger partial charge in [-0.05, 0) is 33.2 Å². The van der Waals surface area contributed by atoms with Gasteiger partial charge in [0.1, 0.15) is 5.76 Å². The maximum atomic E-state index is 11.9. The number of hydrogen-bond donors (Lipinski definition) is 1. The van der Waals surface area contributed by atoms with Gasteiger partial charge in [-0.1, -0.05) is 18.2 Å². The lowest BCUT2D eigenvalue weighted by molar-refractivity contribution is -0.120. The highest BCUT2D eigenvalue weighted by molar-refractivity contribution is 5.78. The number of amides is 1. The van der Waals surface area contributed by atoms with Crippen molar-refractivity contribution in [1.29, 1.82) is 0 Å². The lowest BCUT2D eigenvalue weighted by Crippen LogP contribution is -2.32. The van der Waals surface area contributed by atoms with E-state index < -0.39 is 0 Å². The molecule has 1 aromatic carbocycles. The fourth-order valence-corrected chi connectivity index (χ4v) is 1.93. The molecule has 2 aromatic rings. The summed E-state index contributed by atoms with van der Waals surface area (Å²) in [5, 5.41) is 2.88. The molecule has 5 nitrogen and oxygen atoms in total. The van der Waals surface area contributed by atoms with Gasteiger partial charge in [-0.25, -0.2) is 4.98 Å². The van der Waals surface area contributed by atoms with Gasteiger partial charge in [-0.2, -0.15) is 0 Å². The highest BCUT2D eigenvalue weighted by atomic mass is 16.4. The van der Waals surface area contributed by atoms with Crippen LogP contribution in [0.5, 0.6) is 0 Å². The van der Waals surface area contributed by atoms with E-state index in [1.54, 1.807) is 0 Å². The number of rotatable bonds is 6. The van der Waals surface area contributed by atoms with Crippen LogP contribution in [0.25, 0.3) is 11.5 Å². The Hall–Kier alpha value is -2.14. The van der Waals surface area contributed by atoms with Crippen molar-refractivity contribution < 1.29 is 9.21 Å². The van der Waals surface area contributed by atoms with Gasteiger partial charge in [-0.15, -0.1) is 0 Å². The van der Waals surface area contributed by atoms with E-state index in [-0.39, 0.29) is 12.3 Å². The number of benzene rings is 1. The Balaban J connectivity index is 1.98. The van der Waals surface area contributed by atoms with Crippen LogP contribution < -0.4 is 5.32 Å². The fraction of sp³-hybridized carbons (Fsp3) is 0.375. The van der Waals surface area contributed by atoms with Crippen LogP contribution in [0.2, 0.25) is 0 Å². The van der Waals surface area contributed by atoms with Crippen LogP contribution in [0.4, 0.5) is 0 Å². The van der Waals surface area contributed by atoms with Crippen LogP contribution in [0, 0.1) is 6.92 Å². The summed E-state index contributed by atoms with van der Waals surface area (Å²) < 4.78 is 5.64. The van der Waals surface area contributed by atoms with Gasteiger partial charge in [0.25, 0.3) is 0 Å². The molecule has 0 aliphatic rings. The van der Waals surface area contributed by atoms with E-state index in [4.69, 9.17) is 4.42 Å². The van der Waals surface area contributed by atoms with E-state index in [9.17, 15) is 4.79 Å². The number of nitrogens with one attached hydrogen (secondary N) is 1. The minimum atomic E-state index is -0.0344. The monoisotopic (exact) mass is 287 g/mol. The molecule has 0 bridgehead atoms. The van der Waals surface area contributed by atoms with Crippen molar-refractivity contribution in [3.05, 3.63) is 41.8 Å². The molecular weight excluding hydrogens is 266 g/mol. The largest absolute Gasteiger partial charge is 0.441 e. The highest BCUT2D eigenvalue weighted by Crippen LogP contribution is 2.21.